The molecule has 0 saturated carbocycles. The Morgan fingerprint density at radius 1 is 1.44 bits per heavy atom. The van der Waals surface area contributed by atoms with E-state index in [1.54, 1.807) is 6.26 Å². The van der Waals surface area contributed by atoms with Crippen LogP contribution in [0.1, 0.15) is 19.4 Å². The van der Waals surface area contributed by atoms with E-state index in [9.17, 15) is 5.11 Å². The van der Waals surface area contributed by atoms with Gasteiger partial charge in [0, 0.05) is 5.39 Å². The number of nitrogens with one attached hydrogen (secondary N) is 1. The van der Waals surface area contributed by atoms with E-state index >= 15 is 0 Å². The molecule has 2 unspecified atom stereocenters. The molecule has 2 aromatic rings. The van der Waals surface area contributed by atoms with Gasteiger partial charge in [-0.3, -0.25) is 0 Å². The van der Waals surface area contributed by atoms with Crippen LogP contribution < -0.4 is 5.32 Å². The van der Waals surface area contributed by atoms with E-state index in [1.165, 1.54) is 0 Å². The molecule has 1 aromatic carbocycles. The first kappa shape index (κ1) is 13.4. The summed E-state index contributed by atoms with van der Waals surface area (Å²) < 4.78 is 5.31. The molecular formula is C14H18ClNO2. The summed E-state index contributed by atoms with van der Waals surface area (Å²) in [5, 5.41) is 13.7. The molecule has 0 bridgehead atoms. The number of likely N-dealkylation sites (N-methyl/N-ethyl adjacent to an activating group) is 1. The van der Waals surface area contributed by atoms with Gasteiger partial charge >= 0.3 is 0 Å². The van der Waals surface area contributed by atoms with Crippen LogP contribution >= 0.6 is 11.6 Å². The fourth-order valence-corrected chi connectivity index (χ4v) is 2.41. The molecule has 2 rings (SSSR count). The van der Waals surface area contributed by atoms with E-state index < -0.39 is 4.87 Å². The number of rotatable bonds is 5. The average molecular weight is 268 g/mol. The van der Waals surface area contributed by atoms with Crippen LogP contribution in [0, 0.1) is 0 Å². The Morgan fingerprint density at radius 3 is 2.89 bits per heavy atom. The van der Waals surface area contributed by atoms with E-state index in [0.29, 0.717) is 0 Å². The SMILES string of the molecule is CCNC(CO)C(C)(Cl)c1ccc2occc2c1. The van der Waals surface area contributed by atoms with Crippen molar-refractivity contribution in [1.29, 1.82) is 0 Å². The van der Waals surface area contributed by atoms with Crippen molar-refractivity contribution < 1.29 is 9.52 Å². The molecule has 98 valence electrons. The lowest BCUT2D eigenvalue weighted by atomic mass is 9.92. The number of hydrogen-bond donors (Lipinski definition) is 2. The van der Waals surface area contributed by atoms with Crippen molar-refractivity contribution in [1.82, 2.24) is 5.32 Å². The Bertz CT molecular complexity index is 521. The molecule has 0 fully saturated rings. The van der Waals surface area contributed by atoms with E-state index in [4.69, 9.17) is 16.0 Å². The van der Waals surface area contributed by atoms with E-state index in [2.05, 4.69) is 5.32 Å². The lowest BCUT2D eigenvalue weighted by Gasteiger charge is -2.32. The van der Waals surface area contributed by atoms with Gasteiger partial charge in [-0.05, 0) is 37.2 Å². The maximum atomic E-state index is 9.46. The summed E-state index contributed by atoms with van der Waals surface area (Å²) in [6, 6.07) is 7.58. The first-order valence-electron chi connectivity index (χ1n) is 6.10. The topological polar surface area (TPSA) is 45.4 Å². The summed E-state index contributed by atoms with van der Waals surface area (Å²) >= 11 is 6.62. The largest absolute Gasteiger partial charge is 0.464 e. The highest BCUT2D eigenvalue weighted by Crippen LogP contribution is 2.34. The zero-order valence-corrected chi connectivity index (χ0v) is 11.4. The summed E-state index contributed by atoms with van der Waals surface area (Å²) in [5.74, 6) is 0. The third-order valence-corrected chi connectivity index (χ3v) is 3.79. The Balaban J connectivity index is 2.37. The number of halogens is 1. The fourth-order valence-electron chi connectivity index (χ4n) is 2.15. The number of furan rings is 1. The maximum absolute atomic E-state index is 9.46. The van der Waals surface area contributed by atoms with Crippen LogP contribution in [0.15, 0.2) is 34.9 Å². The van der Waals surface area contributed by atoms with Crippen molar-refractivity contribution in [3.63, 3.8) is 0 Å². The Labute approximate surface area is 112 Å². The van der Waals surface area contributed by atoms with E-state index in [0.717, 1.165) is 23.1 Å². The molecule has 0 spiro atoms. The van der Waals surface area contributed by atoms with E-state index in [1.807, 2.05) is 38.1 Å². The highest BCUT2D eigenvalue weighted by molar-refractivity contribution is 6.24. The molecule has 1 heterocycles. The minimum Gasteiger partial charge on any atom is -0.464 e. The van der Waals surface area contributed by atoms with Gasteiger partial charge in [-0.2, -0.15) is 0 Å². The zero-order valence-electron chi connectivity index (χ0n) is 10.6. The van der Waals surface area contributed by atoms with Gasteiger partial charge in [-0.25, -0.2) is 0 Å². The highest BCUT2D eigenvalue weighted by atomic mass is 35.5. The monoisotopic (exact) mass is 267 g/mol. The van der Waals surface area contributed by atoms with Crippen molar-refractivity contribution in [3.8, 4) is 0 Å². The predicted octanol–water partition coefficient (Wildman–Crippen LogP) is 2.86. The Kier molecular flexibility index (Phi) is 3.95. The average Bonchev–Trinajstić information content (AvgIpc) is 2.82. The fraction of sp³-hybridized carbons (Fsp3) is 0.429. The predicted molar refractivity (Wildman–Crippen MR) is 74.0 cm³/mol. The normalized spacial score (nSPS) is 16.7. The van der Waals surface area contributed by atoms with Crippen LogP contribution in [0.4, 0.5) is 0 Å². The quantitative estimate of drug-likeness (QED) is 0.819. The van der Waals surface area contributed by atoms with Gasteiger partial charge in [0.2, 0.25) is 0 Å². The van der Waals surface area contributed by atoms with Crippen LogP contribution in [-0.2, 0) is 4.87 Å². The number of hydrogen-bond acceptors (Lipinski definition) is 3. The minimum absolute atomic E-state index is 0.00271. The number of aliphatic hydroxyl groups excluding tert-OH is 1. The second-order valence-corrected chi connectivity index (χ2v) is 5.33. The molecule has 0 aliphatic rings. The van der Waals surface area contributed by atoms with Crippen LogP contribution in [0.2, 0.25) is 0 Å². The smallest absolute Gasteiger partial charge is 0.133 e. The second-order valence-electron chi connectivity index (χ2n) is 4.54. The molecule has 0 aliphatic heterocycles. The Hall–Kier alpha value is -1.03. The number of aliphatic hydroxyl groups is 1. The zero-order chi connectivity index (χ0) is 13.2. The molecule has 3 nitrogen and oxygen atoms in total. The van der Waals surface area contributed by atoms with Crippen molar-refractivity contribution in [2.45, 2.75) is 24.8 Å². The third-order valence-electron chi connectivity index (χ3n) is 3.30. The van der Waals surface area contributed by atoms with Crippen LogP contribution in [0.3, 0.4) is 0 Å². The summed E-state index contributed by atoms with van der Waals surface area (Å²) in [5.41, 5.74) is 1.81. The van der Waals surface area contributed by atoms with Gasteiger partial charge < -0.3 is 14.8 Å². The Morgan fingerprint density at radius 2 is 2.22 bits per heavy atom. The summed E-state index contributed by atoms with van der Waals surface area (Å²) in [7, 11) is 0. The van der Waals surface area contributed by atoms with Gasteiger partial charge in [0.1, 0.15) is 5.58 Å². The molecule has 0 radical (unpaired) electrons. The first-order valence-corrected chi connectivity index (χ1v) is 6.48. The van der Waals surface area contributed by atoms with Gasteiger partial charge in [0.15, 0.2) is 0 Å². The lowest BCUT2D eigenvalue weighted by molar-refractivity contribution is 0.217. The summed E-state index contributed by atoms with van der Waals surface area (Å²) in [6.07, 6.45) is 1.66. The summed E-state index contributed by atoms with van der Waals surface area (Å²) in [4.78, 5) is -0.657. The van der Waals surface area contributed by atoms with Crippen LogP contribution in [-0.4, -0.2) is 24.3 Å². The second kappa shape index (κ2) is 5.31. The molecule has 2 atom stereocenters. The molecule has 0 aliphatic carbocycles. The highest BCUT2D eigenvalue weighted by Gasteiger charge is 2.33. The molecule has 1 aromatic heterocycles. The van der Waals surface area contributed by atoms with Gasteiger partial charge in [-0.15, -0.1) is 11.6 Å². The standard InChI is InChI=1S/C14H18ClNO2/c1-3-16-13(9-17)14(2,15)11-4-5-12-10(8-11)6-7-18-12/h4-8,13,16-17H,3,9H2,1-2H3. The maximum Gasteiger partial charge on any atom is 0.133 e. The lowest BCUT2D eigenvalue weighted by Crippen LogP contribution is -2.45. The van der Waals surface area contributed by atoms with Crippen LogP contribution in [0.5, 0.6) is 0 Å². The van der Waals surface area contributed by atoms with Crippen molar-refractivity contribution in [2.75, 3.05) is 13.2 Å². The van der Waals surface area contributed by atoms with Crippen molar-refractivity contribution in [3.05, 3.63) is 36.1 Å². The molecule has 0 saturated heterocycles. The van der Waals surface area contributed by atoms with Crippen molar-refractivity contribution in [2.24, 2.45) is 0 Å². The van der Waals surface area contributed by atoms with Gasteiger partial charge in [0.05, 0.1) is 23.8 Å². The minimum atomic E-state index is -0.657. The molecule has 18 heavy (non-hydrogen) atoms. The number of fused-ring (bicyclic) bond motifs is 1. The summed E-state index contributed by atoms with van der Waals surface area (Å²) in [6.45, 7) is 4.67. The molecule has 0 amide bonds. The number of benzene rings is 1. The van der Waals surface area contributed by atoms with Gasteiger partial charge in [0.25, 0.3) is 0 Å². The van der Waals surface area contributed by atoms with Crippen molar-refractivity contribution >= 4 is 22.6 Å². The molecule has 4 heteroatoms. The van der Waals surface area contributed by atoms with E-state index in [-0.39, 0.29) is 12.6 Å². The first-order chi connectivity index (χ1) is 8.59. The molecular weight excluding hydrogens is 250 g/mol. The molecule has 2 N–H and O–H groups in total. The third kappa shape index (κ3) is 2.39. The number of alkyl halides is 1. The van der Waals surface area contributed by atoms with Crippen LogP contribution in [0.25, 0.3) is 11.0 Å². The van der Waals surface area contributed by atoms with Gasteiger partial charge in [-0.1, -0.05) is 13.0 Å².